The molecule has 8 heteroatoms. The van der Waals surface area contributed by atoms with Gasteiger partial charge in [0, 0.05) is 28.7 Å². The average molecular weight is 440 g/mol. The minimum Gasteiger partial charge on any atom is -0.302 e. The molecule has 0 N–H and O–H groups in total. The van der Waals surface area contributed by atoms with E-state index in [9.17, 15) is 9.18 Å². The van der Waals surface area contributed by atoms with Gasteiger partial charge in [-0.05, 0) is 43.4 Å². The highest BCUT2D eigenvalue weighted by Crippen LogP contribution is 2.31. The summed E-state index contributed by atoms with van der Waals surface area (Å²) >= 11 is 13.4. The van der Waals surface area contributed by atoms with Gasteiger partial charge >= 0.3 is 0 Å². The van der Waals surface area contributed by atoms with Gasteiger partial charge in [0.2, 0.25) is 0 Å². The van der Waals surface area contributed by atoms with Crippen molar-refractivity contribution >= 4 is 55.8 Å². The summed E-state index contributed by atoms with van der Waals surface area (Å²) in [6, 6.07) is 9.53. The van der Waals surface area contributed by atoms with Gasteiger partial charge in [-0.3, -0.25) is 9.69 Å². The van der Waals surface area contributed by atoms with Crippen molar-refractivity contribution in [3.8, 4) is 0 Å². The lowest BCUT2D eigenvalue weighted by Gasteiger charge is -2.24. The maximum absolute atomic E-state index is 14.1. The molecule has 0 aliphatic heterocycles. The zero-order chi connectivity index (χ0) is 20.3. The first-order chi connectivity index (χ1) is 13.4. The second kappa shape index (κ2) is 9.18. The topological polar surface area (TPSA) is 36.4 Å². The van der Waals surface area contributed by atoms with E-state index < -0.39 is 5.82 Å². The first-order valence-corrected chi connectivity index (χ1v) is 10.6. The molecule has 0 saturated heterocycles. The van der Waals surface area contributed by atoms with E-state index in [0.717, 1.165) is 13.1 Å². The predicted molar refractivity (Wildman–Crippen MR) is 116 cm³/mol. The monoisotopic (exact) mass is 439 g/mol. The van der Waals surface area contributed by atoms with E-state index in [1.165, 1.54) is 17.4 Å². The Balaban J connectivity index is 2.00. The van der Waals surface area contributed by atoms with Crippen LogP contribution in [0.5, 0.6) is 0 Å². The molecule has 0 aliphatic carbocycles. The van der Waals surface area contributed by atoms with Gasteiger partial charge in [0.1, 0.15) is 11.3 Å². The Morgan fingerprint density at radius 2 is 1.79 bits per heavy atom. The molecule has 4 nitrogen and oxygen atoms in total. The van der Waals surface area contributed by atoms with E-state index in [0.29, 0.717) is 38.5 Å². The number of rotatable bonds is 7. The molecule has 0 unspecified atom stereocenters. The number of amides is 1. The summed E-state index contributed by atoms with van der Waals surface area (Å²) in [5.74, 6) is -0.669. The van der Waals surface area contributed by atoms with Crippen LogP contribution in [0, 0.1) is 5.82 Å². The number of aromatic nitrogens is 1. The molecular weight excluding hydrogens is 420 g/mol. The number of anilines is 1. The molecule has 3 rings (SSSR count). The van der Waals surface area contributed by atoms with Crippen molar-refractivity contribution in [2.45, 2.75) is 13.8 Å². The molecule has 2 aromatic carbocycles. The number of fused-ring (bicyclic) bond motifs is 1. The Bertz CT molecular complexity index is 970. The zero-order valence-corrected chi connectivity index (χ0v) is 17.9. The summed E-state index contributed by atoms with van der Waals surface area (Å²) in [5.41, 5.74) is 0.643. The number of hydrogen-bond acceptors (Lipinski definition) is 4. The van der Waals surface area contributed by atoms with E-state index in [1.54, 1.807) is 35.2 Å². The van der Waals surface area contributed by atoms with E-state index in [2.05, 4.69) is 23.7 Å². The molecule has 3 aromatic rings. The van der Waals surface area contributed by atoms with Gasteiger partial charge in [-0.15, -0.1) is 0 Å². The van der Waals surface area contributed by atoms with E-state index >= 15 is 0 Å². The van der Waals surface area contributed by atoms with Crippen molar-refractivity contribution in [2.75, 3.05) is 31.1 Å². The van der Waals surface area contributed by atoms with Gasteiger partial charge in [0.05, 0.1) is 4.70 Å². The van der Waals surface area contributed by atoms with Crippen molar-refractivity contribution < 1.29 is 9.18 Å². The van der Waals surface area contributed by atoms with Gasteiger partial charge in [0.25, 0.3) is 5.91 Å². The Morgan fingerprint density at radius 3 is 2.39 bits per heavy atom. The largest absolute Gasteiger partial charge is 0.302 e. The molecule has 0 saturated carbocycles. The van der Waals surface area contributed by atoms with Crippen LogP contribution in [-0.4, -0.2) is 42.0 Å². The van der Waals surface area contributed by atoms with Crippen LogP contribution in [0.25, 0.3) is 10.2 Å². The Hall–Kier alpha value is -1.73. The SMILES string of the molecule is CCN(CC)CCN(C(=O)c1cc(Cl)cc(Cl)c1)c1nc2c(F)cccc2s1. The summed E-state index contributed by atoms with van der Waals surface area (Å²) in [4.78, 5) is 21.4. The summed E-state index contributed by atoms with van der Waals surface area (Å²) in [6.45, 7) is 6.97. The van der Waals surface area contributed by atoms with Gasteiger partial charge in [-0.25, -0.2) is 9.37 Å². The number of benzene rings is 2. The second-order valence-corrected chi connectivity index (χ2v) is 8.11. The van der Waals surface area contributed by atoms with Crippen LogP contribution in [-0.2, 0) is 0 Å². The van der Waals surface area contributed by atoms with Crippen LogP contribution in [0.1, 0.15) is 24.2 Å². The molecule has 28 heavy (non-hydrogen) atoms. The molecule has 0 spiro atoms. The predicted octanol–water partition coefficient (Wildman–Crippen LogP) is 5.73. The molecular formula is C20H20Cl2FN3OS. The molecule has 1 amide bonds. The first kappa shape index (κ1) is 21.0. The third kappa shape index (κ3) is 4.63. The normalized spacial score (nSPS) is 11.4. The summed E-state index contributed by atoms with van der Waals surface area (Å²) < 4.78 is 14.8. The third-order valence-electron chi connectivity index (χ3n) is 4.48. The zero-order valence-electron chi connectivity index (χ0n) is 15.6. The quantitative estimate of drug-likeness (QED) is 0.471. The molecule has 0 fully saturated rings. The number of carbonyl (C=O) groups excluding carboxylic acids is 1. The number of likely N-dealkylation sites (N-methyl/N-ethyl adjacent to an activating group) is 1. The van der Waals surface area contributed by atoms with Crippen LogP contribution in [0.4, 0.5) is 9.52 Å². The fraction of sp³-hybridized carbons (Fsp3) is 0.300. The van der Waals surface area contributed by atoms with Gasteiger partial charge in [-0.1, -0.05) is 54.5 Å². The highest BCUT2D eigenvalue weighted by atomic mass is 35.5. The fourth-order valence-corrected chi connectivity index (χ4v) is 4.45. The van der Waals surface area contributed by atoms with Gasteiger partial charge < -0.3 is 4.90 Å². The molecule has 0 atom stereocenters. The van der Waals surface area contributed by atoms with Crippen molar-refractivity contribution in [1.82, 2.24) is 9.88 Å². The number of halogens is 3. The lowest BCUT2D eigenvalue weighted by molar-refractivity contribution is 0.0983. The standard InChI is InChI=1S/C20H20Cl2FN3OS/c1-3-25(4-2)8-9-26(19(27)13-10-14(21)12-15(22)11-13)20-24-18-16(23)6-5-7-17(18)28-20/h5-7,10-12H,3-4,8-9H2,1-2H3. The molecule has 0 radical (unpaired) electrons. The maximum Gasteiger partial charge on any atom is 0.260 e. The minimum atomic E-state index is -0.401. The lowest BCUT2D eigenvalue weighted by Crippen LogP contribution is -2.38. The van der Waals surface area contributed by atoms with Crippen LogP contribution in [0.2, 0.25) is 10.0 Å². The number of para-hydroxylation sites is 1. The smallest absolute Gasteiger partial charge is 0.260 e. The number of thiazole rings is 1. The van der Waals surface area contributed by atoms with Crippen LogP contribution in [0.3, 0.4) is 0 Å². The first-order valence-electron chi connectivity index (χ1n) is 8.98. The number of hydrogen-bond donors (Lipinski definition) is 0. The molecule has 1 aromatic heterocycles. The molecule has 148 valence electrons. The van der Waals surface area contributed by atoms with E-state index in [4.69, 9.17) is 23.2 Å². The highest BCUT2D eigenvalue weighted by molar-refractivity contribution is 7.22. The summed E-state index contributed by atoms with van der Waals surface area (Å²) in [7, 11) is 0. The van der Waals surface area contributed by atoms with E-state index in [1.807, 2.05) is 0 Å². The number of nitrogens with zero attached hydrogens (tertiary/aromatic N) is 3. The number of carbonyl (C=O) groups is 1. The second-order valence-electron chi connectivity index (χ2n) is 6.22. The maximum atomic E-state index is 14.1. The van der Waals surface area contributed by atoms with Crippen molar-refractivity contribution in [3.05, 3.63) is 57.8 Å². The Morgan fingerprint density at radius 1 is 1.11 bits per heavy atom. The fourth-order valence-electron chi connectivity index (χ4n) is 2.92. The molecule has 1 heterocycles. The van der Waals surface area contributed by atoms with Crippen LogP contribution >= 0.6 is 34.5 Å². The van der Waals surface area contributed by atoms with E-state index in [-0.39, 0.29) is 11.4 Å². The third-order valence-corrected chi connectivity index (χ3v) is 5.96. The lowest BCUT2D eigenvalue weighted by atomic mass is 10.2. The Labute approximate surface area is 177 Å². The van der Waals surface area contributed by atoms with Crippen LogP contribution in [0.15, 0.2) is 36.4 Å². The molecule has 0 bridgehead atoms. The van der Waals surface area contributed by atoms with Gasteiger partial charge in [0.15, 0.2) is 5.13 Å². The Kier molecular flexibility index (Phi) is 6.88. The van der Waals surface area contributed by atoms with Crippen molar-refractivity contribution in [3.63, 3.8) is 0 Å². The van der Waals surface area contributed by atoms with Crippen molar-refractivity contribution in [1.29, 1.82) is 0 Å². The summed E-state index contributed by atoms with van der Waals surface area (Å²) in [6.07, 6.45) is 0. The van der Waals surface area contributed by atoms with Crippen LogP contribution < -0.4 is 4.90 Å². The average Bonchev–Trinajstić information content (AvgIpc) is 3.09. The minimum absolute atomic E-state index is 0.268. The molecule has 0 aliphatic rings. The highest BCUT2D eigenvalue weighted by Gasteiger charge is 2.23. The van der Waals surface area contributed by atoms with Crippen molar-refractivity contribution in [2.24, 2.45) is 0 Å². The summed E-state index contributed by atoms with van der Waals surface area (Å²) in [5, 5.41) is 1.22. The van der Waals surface area contributed by atoms with Gasteiger partial charge in [-0.2, -0.15) is 0 Å².